The Balaban J connectivity index is 1.64. The van der Waals surface area contributed by atoms with Crippen LogP contribution < -0.4 is 10.9 Å². The van der Waals surface area contributed by atoms with E-state index in [1.807, 2.05) is 0 Å². The molecular weight excluding hydrogens is 391 g/mol. The molecule has 160 valence electrons. The summed E-state index contributed by atoms with van der Waals surface area (Å²) >= 11 is 0. The van der Waals surface area contributed by atoms with Crippen molar-refractivity contribution in [2.24, 2.45) is 0 Å². The van der Waals surface area contributed by atoms with E-state index in [1.165, 1.54) is 36.4 Å². The van der Waals surface area contributed by atoms with Gasteiger partial charge in [0, 0.05) is 25.2 Å². The second-order valence-electron chi connectivity index (χ2n) is 8.16. The Morgan fingerprint density at radius 2 is 1.73 bits per heavy atom. The minimum atomic E-state index is -0.569. The van der Waals surface area contributed by atoms with Crippen LogP contribution in [0.4, 0.5) is 9.18 Å². The maximum Gasteiger partial charge on any atom is 0.407 e. The van der Waals surface area contributed by atoms with Gasteiger partial charge in [-0.15, -0.1) is 0 Å². The molecule has 1 aromatic carbocycles. The Kier molecular flexibility index (Phi) is 6.19. The van der Waals surface area contributed by atoms with E-state index < -0.39 is 23.1 Å². The molecule has 2 amide bonds. The van der Waals surface area contributed by atoms with E-state index in [2.05, 4.69) is 10.4 Å². The fourth-order valence-corrected chi connectivity index (χ4v) is 3.16. The van der Waals surface area contributed by atoms with Gasteiger partial charge < -0.3 is 15.0 Å². The molecule has 0 spiro atoms. The van der Waals surface area contributed by atoms with Crippen molar-refractivity contribution in [1.29, 1.82) is 0 Å². The van der Waals surface area contributed by atoms with Crippen molar-refractivity contribution in [2.75, 3.05) is 13.1 Å². The Morgan fingerprint density at radius 1 is 1.10 bits per heavy atom. The molecule has 2 heterocycles. The molecule has 1 aliphatic rings. The highest BCUT2D eigenvalue weighted by atomic mass is 19.1. The van der Waals surface area contributed by atoms with Crippen molar-refractivity contribution in [1.82, 2.24) is 20.0 Å². The number of hydrogen-bond donors (Lipinski definition) is 1. The van der Waals surface area contributed by atoms with Crippen molar-refractivity contribution in [3.8, 4) is 5.69 Å². The van der Waals surface area contributed by atoms with Gasteiger partial charge in [0.15, 0.2) is 0 Å². The number of amides is 2. The Bertz CT molecular complexity index is 974. The van der Waals surface area contributed by atoms with Crippen molar-refractivity contribution >= 4 is 12.0 Å². The summed E-state index contributed by atoms with van der Waals surface area (Å²) in [6.45, 7) is 6.28. The van der Waals surface area contributed by atoms with Crippen LogP contribution in [-0.2, 0) is 4.74 Å². The summed E-state index contributed by atoms with van der Waals surface area (Å²) in [6, 6.07) is 7.86. The molecule has 2 aromatic rings. The van der Waals surface area contributed by atoms with Crippen LogP contribution in [0.25, 0.3) is 5.69 Å². The van der Waals surface area contributed by atoms with Crippen molar-refractivity contribution < 1.29 is 18.7 Å². The van der Waals surface area contributed by atoms with Crippen LogP contribution in [0.15, 0.2) is 41.2 Å². The number of alkyl carbamates (subject to hydrolysis) is 1. The lowest BCUT2D eigenvalue weighted by molar-refractivity contribution is 0.0473. The molecule has 0 saturated carbocycles. The lowest BCUT2D eigenvalue weighted by atomic mass is 10.0. The zero-order valence-electron chi connectivity index (χ0n) is 17.2. The standard InChI is InChI=1S/C21H25FN4O4/c1-21(2,3)30-20(29)23-15-10-12-25(13-11-15)19(28)17-8-9-18(27)26(24-17)16-6-4-14(22)5-7-16/h4-9,15H,10-13H2,1-3H3,(H,23,29). The summed E-state index contributed by atoms with van der Waals surface area (Å²) in [7, 11) is 0. The molecule has 1 N–H and O–H groups in total. The first-order valence-electron chi connectivity index (χ1n) is 9.77. The molecular formula is C21H25FN4O4. The molecule has 0 unspecified atom stereocenters. The lowest BCUT2D eigenvalue weighted by Gasteiger charge is -2.32. The third-order valence-corrected chi connectivity index (χ3v) is 4.59. The van der Waals surface area contributed by atoms with Gasteiger partial charge in [-0.2, -0.15) is 9.78 Å². The molecule has 0 bridgehead atoms. The van der Waals surface area contributed by atoms with Gasteiger partial charge in [-0.3, -0.25) is 9.59 Å². The molecule has 1 aliphatic heterocycles. The predicted octanol–water partition coefficient (Wildman–Crippen LogP) is 2.50. The second-order valence-corrected chi connectivity index (χ2v) is 8.16. The van der Waals surface area contributed by atoms with Crippen LogP contribution in [0.2, 0.25) is 0 Å². The average molecular weight is 416 g/mol. The highest BCUT2D eigenvalue weighted by Gasteiger charge is 2.27. The van der Waals surface area contributed by atoms with Crippen LogP contribution in [0.5, 0.6) is 0 Å². The van der Waals surface area contributed by atoms with E-state index in [0.29, 0.717) is 31.6 Å². The van der Waals surface area contributed by atoms with Gasteiger partial charge in [0.2, 0.25) is 0 Å². The zero-order chi connectivity index (χ0) is 21.9. The van der Waals surface area contributed by atoms with E-state index in [4.69, 9.17) is 4.74 Å². The van der Waals surface area contributed by atoms with Crippen molar-refractivity contribution in [3.05, 3.63) is 58.3 Å². The summed E-state index contributed by atoms with van der Waals surface area (Å²) in [5.74, 6) is -0.733. The SMILES string of the molecule is CC(C)(C)OC(=O)NC1CCN(C(=O)c2ccc(=O)n(-c3ccc(F)cc3)n2)CC1. The summed E-state index contributed by atoms with van der Waals surface area (Å²) in [5, 5.41) is 6.98. The monoisotopic (exact) mass is 416 g/mol. The molecule has 8 nitrogen and oxygen atoms in total. The average Bonchev–Trinajstić information content (AvgIpc) is 2.68. The Labute approximate surface area is 173 Å². The normalized spacial score (nSPS) is 15.0. The van der Waals surface area contributed by atoms with E-state index in [9.17, 15) is 18.8 Å². The van der Waals surface area contributed by atoms with E-state index in [0.717, 1.165) is 4.68 Å². The molecule has 0 aliphatic carbocycles. The van der Waals surface area contributed by atoms with Crippen LogP contribution in [0.1, 0.15) is 44.1 Å². The number of carbonyl (C=O) groups is 2. The quantitative estimate of drug-likeness (QED) is 0.830. The third-order valence-electron chi connectivity index (χ3n) is 4.59. The maximum absolute atomic E-state index is 13.1. The van der Waals surface area contributed by atoms with Crippen LogP contribution >= 0.6 is 0 Å². The van der Waals surface area contributed by atoms with E-state index >= 15 is 0 Å². The van der Waals surface area contributed by atoms with Crippen molar-refractivity contribution in [3.63, 3.8) is 0 Å². The first kappa shape index (κ1) is 21.5. The van der Waals surface area contributed by atoms with Gasteiger partial charge in [-0.1, -0.05) is 0 Å². The number of piperidine rings is 1. The van der Waals surface area contributed by atoms with Gasteiger partial charge in [0.05, 0.1) is 5.69 Å². The lowest BCUT2D eigenvalue weighted by Crippen LogP contribution is -2.48. The smallest absolute Gasteiger partial charge is 0.407 e. The third kappa shape index (κ3) is 5.43. The first-order chi connectivity index (χ1) is 14.1. The summed E-state index contributed by atoms with van der Waals surface area (Å²) in [5.41, 5.74) is -0.493. The fourth-order valence-electron chi connectivity index (χ4n) is 3.16. The van der Waals surface area contributed by atoms with Gasteiger partial charge in [-0.05, 0) is 63.9 Å². The second kappa shape index (κ2) is 8.64. The molecule has 1 aromatic heterocycles. The molecule has 0 atom stereocenters. The highest BCUT2D eigenvalue weighted by molar-refractivity contribution is 5.92. The molecule has 3 rings (SSSR count). The minimum absolute atomic E-state index is 0.0787. The molecule has 1 fully saturated rings. The van der Waals surface area contributed by atoms with Gasteiger partial charge in [-0.25, -0.2) is 9.18 Å². The minimum Gasteiger partial charge on any atom is -0.444 e. The number of nitrogens with zero attached hydrogens (tertiary/aromatic N) is 3. The zero-order valence-corrected chi connectivity index (χ0v) is 17.2. The number of halogens is 1. The number of rotatable bonds is 3. The summed E-state index contributed by atoms with van der Waals surface area (Å²) in [4.78, 5) is 38.5. The van der Waals surface area contributed by atoms with Crippen LogP contribution in [-0.4, -0.2) is 51.4 Å². The topological polar surface area (TPSA) is 93.5 Å². The first-order valence-corrected chi connectivity index (χ1v) is 9.77. The number of nitrogens with one attached hydrogen (secondary N) is 1. The predicted molar refractivity (Wildman–Crippen MR) is 108 cm³/mol. The number of carbonyl (C=O) groups excluding carboxylic acids is 2. The van der Waals surface area contributed by atoms with Crippen LogP contribution in [0, 0.1) is 5.82 Å². The molecule has 1 saturated heterocycles. The number of hydrogen-bond acceptors (Lipinski definition) is 5. The highest BCUT2D eigenvalue weighted by Crippen LogP contribution is 2.15. The number of benzene rings is 1. The largest absolute Gasteiger partial charge is 0.444 e. The van der Waals surface area contributed by atoms with E-state index in [-0.39, 0.29) is 17.6 Å². The Hall–Kier alpha value is -3.23. The Morgan fingerprint density at radius 3 is 2.33 bits per heavy atom. The van der Waals surface area contributed by atoms with Crippen LogP contribution in [0.3, 0.4) is 0 Å². The number of aromatic nitrogens is 2. The summed E-state index contributed by atoms with van der Waals surface area (Å²) in [6.07, 6.45) is 0.700. The van der Waals surface area contributed by atoms with Gasteiger partial charge in [0.1, 0.15) is 17.1 Å². The molecule has 0 radical (unpaired) electrons. The number of likely N-dealkylation sites (tertiary alicyclic amines) is 1. The van der Waals surface area contributed by atoms with Crippen molar-refractivity contribution in [2.45, 2.75) is 45.3 Å². The van der Waals surface area contributed by atoms with E-state index in [1.54, 1.807) is 25.7 Å². The molecule has 30 heavy (non-hydrogen) atoms. The summed E-state index contributed by atoms with van der Waals surface area (Å²) < 4.78 is 19.5. The molecule has 9 heteroatoms. The number of ether oxygens (including phenoxy) is 1. The van der Waals surface area contributed by atoms with Gasteiger partial charge in [0.25, 0.3) is 11.5 Å². The fraction of sp³-hybridized carbons (Fsp3) is 0.429. The maximum atomic E-state index is 13.1. The van der Waals surface area contributed by atoms with Gasteiger partial charge >= 0.3 is 6.09 Å².